The average Bonchev–Trinajstić information content (AvgIpc) is 2.76. The van der Waals surface area contributed by atoms with Crippen LogP contribution in [0, 0.1) is 13.8 Å². The lowest BCUT2D eigenvalue weighted by Crippen LogP contribution is -2.54. The zero-order valence-electron chi connectivity index (χ0n) is 23.1. The fourth-order valence-electron chi connectivity index (χ4n) is 4.17. The molecule has 7 nitrogen and oxygen atoms in total. The summed E-state index contributed by atoms with van der Waals surface area (Å²) < 4.78 is 5.45. The Kier molecular flexibility index (Phi) is 10.5. The van der Waals surface area contributed by atoms with Gasteiger partial charge in [0, 0.05) is 19.0 Å². The third kappa shape index (κ3) is 9.41. The predicted molar refractivity (Wildman–Crippen MR) is 147 cm³/mol. The molecule has 0 saturated carbocycles. The number of nitrogens with zero attached hydrogens (tertiary/aromatic N) is 1. The highest BCUT2D eigenvalue weighted by molar-refractivity contribution is 5.92. The van der Waals surface area contributed by atoms with Crippen LogP contribution >= 0.6 is 0 Å². The lowest BCUT2D eigenvalue weighted by molar-refractivity contribution is -0.142. The summed E-state index contributed by atoms with van der Waals surface area (Å²) in [7, 11) is 0. The molecule has 0 heterocycles. The second-order valence-corrected chi connectivity index (χ2v) is 10.7. The number of benzene rings is 2. The Morgan fingerprint density at radius 1 is 1.00 bits per heavy atom. The number of nitrogens with one attached hydrogen (secondary N) is 2. The minimum atomic E-state index is -0.961. The summed E-state index contributed by atoms with van der Waals surface area (Å²) in [6.45, 7) is 16.9. The number of carbonyl (C=O) groups is 3. The van der Waals surface area contributed by atoms with Crippen molar-refractivity contribution < 1.29 is 19.1 Å². The number of hydrogen-bond donors (Lipinski definition) is 2. The number of hydrogen-bond acceptors (Lipinski definition) is 4. The van der Waals surface area contributed by atoms with Gasteiger partial charge in [-0.2, -0.15) is 0 Å². The van der Waals surface area contributed by atoms with Gasteiger partial charge in [0.1, 0.15) is 17.7 Å². The Morgan fingerprint density at radius 2 is 1.59 bits per heavy atom. The van der Waals surface area contributed by atoms with Gasteiger partial charge in [-0.15, -0.1) is 6.58 Å². The summed E-state index contributed by atoms with van der Waals surface area (Å²) >= 11 is 0. The number of ether oxygens (including phenoxy) is 1. The number of aryl methyl sites for hydroxylation is 2. The van der Waals surface area contributed by atoms with Crippen molar-refractivity contribution in [2.24, 2.45) is 0 Å². The van der Waals surface area contributed by atoms with Crippen LogP contribution in [-0.4, -0.2) is 47.0 Å². The molecular formula is C30H41N3O4. The molecule has 2 aromatic rings. The molecule has 0 saturated heterocycles. The summed E-state index contributed by atoms with van der Waals surface area (Å²) in [5.74, 6) is -0.705. The van der Waals surface area contributed by atoms with Crippen LogP contribution in [-0.2, 0) is 20.7 Å². The minimum absolute atomic E-state index is 0.114. The van der Waals surface area contributed by atoms with Gasteiger partial charge in [0.15, 0.2) is 0 Å². The van der Waals surface area contributed by atoms with E-state index in [2.05, 4.69) is 17.2 Å². The summed E-state index contributed by atoms with van der Waals surface area (Å²) in [4.78, 5) is 41.9. The van der Waals surface area contributed by atoms with E-state index in [9.17, 15) is 14.4 Å². The van der Waals surface area contributed by atoms with E-state index >= 15 is 0 Å². The van der Waals surface area contributed by atoms with E-state index in [4.69, 9.17) is 4.74 Å². The highest BCUT2D eigenvalue weighted by Gasteiger charge is 2.36. The summed E-state index contributed by atoms with van der Waals surface area (Å²) in [6.07, 6.45) is 1.12. The Bertz CT molecular complexity index is 1070. The molecule has 37 heavy (non-hydrogen) atoms. The first-order valence-corrected chi connectivity index (χ1v) is 12.6. The van der Waals surface area contributed by atoms with Crippen LogP contribution in [0.5, 0.6) is 0 Å². The van der Waals surface area contributed by atoms with Gasteiger partial charge in [0.05, 0.1) is 0 Å². The van der Waals surface area contributed by atoms with Crippen LogP contribution < -0.4 is 10.6 Å². The zero-order chi connectivity index (χ0) is 27.8. The van der Waals surface area contributed by atoms with Crippen molar-refractivity contribution in [1.82, 2.24) is 15.5 Å². The molecule has 200 valence electrons. The lowest BCUT2D eigenvalue weighted by Gasteiger charge is -2.34. The highest BCUT2D eigenvalue weighted by Crippen LogP contribution is 2.26. The maximum Gasteiger partial charge on any atom is 0.408 e. The molecule has 3 amide bonds. The van der Waals surface area contributed by atoms with Crippen LogP contribution in [0.25, 0.3) is 0 Å². The van der Waals surface area contributed by atoms with Gasteiger partial charge >= 0.3 is 6.09 Å². The first-order valence-electron chi connectivity index (χ1n) is 12.6. The van der Waals surface area contributed by atoms with Gasteiger partial charge < -0.3 is 20.3 Å². The summed E-state index contributed by atoms with van der Waals surface area (Å²) in [5, 5.41) is 5.71. The number of amides is 3. The molecule has 2 unspecified atom stereocenters. The van der Waals surface area contributed by atoms with E-state index in [-0.39, 0.29) is 24.9 Å². The quantitative estimate of drug-likeness (QED) is 0.442. The molecule has 7 heteroatoms. The molecule has 2 atom stereocenters. The largest absolute Gasteiger partial charge is 0.444 e. The van der Waals surface area contributed by atoms with Gasteiger partial charge in [-0.05, 0) is 59.6 Å². The van der Waals surface area contributed by atoms with Crippen LogP contribution in [0.1, 0.15) is 62.9 Å². The fraction of sp³-hybridized carbons (Fsp3) is 0.433. The third-order valence-electron chi connectivity index (χ3n) is 5.43. The van der Waals surface area contributed by atoms with Gasteiger partial charge in [-0.25, -0.2) is 4.79 Å². The van der Waals surface area contributed by atoms with Crippen molar-refractivity contribution in [2.75, 3.05) is 6.54 Å². The van der Waals surface area contributed by atoms with Gasteiger partial charge in [-0.1, -0.05) is 65.7 Å². The van der Waals surface area contributed by atoms with Gasteiger partial charge in [0.2, 0.25) is 11.8 Å². The fourth-order valence-corrected chi connectivity index (χ4v) is 4.17. The van der Waals surface area contributed by atoms with Crippen LogP contribution in [0.15, 0.2) is 61.2 Å². The van der Waals surface area contributed by atoms with E-state index < -0.39 is 29.7 Å². The SMILES string of the molecule is C=CCN(C(=O)C(Cc1ccccc1)NC(=O)OC(C)(C)C)C(C(=O)NC(C)C)c1cc(C)cc(C)c1. The standard InChI is InChI=1S/C30H41N3O4/c1-9-15-33(26(27(34)31-20(2)3)24-17-21(4)16-22(5)18-24)28(35)25(19-23-13-11-10-12-14-23)32-29(36)37-30(6,7)8/h9-14,16-18,20,25-26H,1,15,19H2,2-8H3,(H,31,34)(H,32,36). The first-order chi connectivity index (χ1) is 17.3. The van der Waals surface area contributed by atoms with E-state index in [1.54, 1.807) is 26.8 Å². The minimum Gasteiger partial charge on any atom is -0.444 e. The molecule has 0 aliphatic heterocycles. The van der Waals surface area contributed by atoms with E-state index in [0.29, 0.717) is 5.56 Å². The topological polar surface area (TPSA) is 87.7 Å². The summed E-state index contributed by atoms with van der Waals surface area (Å²) in [5.41, 5.74) is 2.79. The molecule has 0 spiro atoms. The molecule has 0 aromatic heterocycles. The van der Waals surface area contributed by atoms with Crippen LogP contribution in [0.2, 0.25) is 0 Å². The number of rotatable bonds is 10. The molecular weight excluding hydrogens is 466 g/mol. The highest BCUT2D eigenvalue weighted by atomic mass is 16.6. The molecule has 0 radical (unpaired) electrons. The van der Waals surface area contributed by atoms with Crippen molar-refractivity contribution in [3.8, 4) is 0 Å². The molecule has 0 bridgehead atoms. The van der Waals surface area contributed by atoms with E-state index in [1.807, 2.05) is 76.2 Å². The van der Waals surface area contributed by atoms with Crippen LogP contribution in [0.4, 0.5) is 4.79 Å². The van der Waals surface area contributed by atoms with Gasteiger partial charge in [-0.3, -0.25) is 9.59 Å². The normalized spacial score (nSPS) is 12.9. The Hall–Kier alpha value is -3.61. The molecule has 0 fully saturated rings. The molecule has 2 rings (SSSR count). The van der Waals surface area contributed by atoms with Crippen molar-refractivity contribution in [1.29, 1.82) is 0 Å². The van der Waals surface area contributed by atoms with E-state index in [0.717, 1.165) is 16.7 Å². The van der Waals surface area contributed by atoms with Gasteiger partial charge in [0.25, 0.3) is 0 Å². The molecule has 0 aliphatic carbocycles. The first kappa shape index (κ1) is 29.6. The maximum absolute atomic E-state index is 14.1. The van der Waals surface area contributed by atoms with Crippen LogP contribution in [0.3, 0.4) is 0 Å². The zero-order valence-corrected chi connectivity index (χ0v) is 23.1. The van der Waals surface area contributed by atoms with Crippen molar-refractivity contribution in [3.05, 3.63) is 83.4 Å². The third-order valence-corrected chi connectivity index (χ3v) is 5.43. The van der Waals surface area contributed by atoms with Crippen molar-refractivity contribution in [2.45, 2.75) is 78.6 Å². The second kappa shape index (κ2) is 13.1. The molecule has 0 aliphatic rings. The number of carbonyl (C=O) groups excluding carboxylic acids is 3. The summed E-state index contributed by atoms with van der Waals surface area (Å²) in [6, 6.07) is 13.3. The monoisotopic (exact) mass is 507 g/mol. The molecule has 2 aromatic carbocycles. The number of alkyl carbamates (subject to hydrolysis) is 1. The Labute approximate surface area is 221 Å². The second-order valence-electron chi connectivity index (χ2n) is 10.7. The maximum atomic E-state index is 14.1. The Balaban J connectivity index is 2.55. The smallest absolute Gasteiger partial charge is 0.408 e. The lowest BCUT2D eigenvalue weighted by atomic mass is 9.97. The molecule has 2 N–H and O–H groups in total. The Morgan fingerprint density at radius 3 is 2.11 bits per heavy atom. The van der Waals surface area contributed by atoms with Crippen molar-refractivity contribution >= 4 is 17.9 Å². The predicted octanol–water partition coefficient (Wildman–Crippen LogP) is 5.02. The average molecular weight is 508 g/mol. The van der Waals surface area contributed by atoms with E-state index in [1.165, 1.54) is 4.90 Å². The van der Waals surface area contributed by atoms with Crippen molar-refractivity contribution in [3.63, 3.8) is 0 Å².